The van der Waals surface area contributed by atoms with Crippen molar-refractivity contribution >= 4 is 30.7 Å². The summed E-state index contributed by atoms with van der Waals surface area (Å²) in [5.74, 6) is 0.261. The second-order valence-electron chi connectivity index (χ2n) is 3.18. The summed E-state index contributed by atoms with van der Waals surface area (Å²) < 4.78 is 20.7. The Morgan fingerprint density at radius 1 is 1.47 bits per heavy atom. The summed E-state index contributed by atoms with van der Waals surface area (Å²) >= 11 is 4.89. The third kappa shape index (κ3) is 5.28. The van der Waals surface area contributed by atoms with Gasteiger partial charge < -0.3 is 9.84 Å². The second-order valence-corrected chi connectivity index (χ2v) is 5.17. The Balaban J connectivity index is 2.68. The molecular weight excluding hydrogens is 261 g/mol. The van der Waals surface area contributed by atoms with E-state index in [1.807, 2.05) is 0 Å². The van der Waals surface area contributed by atoms with Crippen LogP contribution >= 0.6 is 20.0 Å². The first kappa shape index (κ1) is 14.1. The van der Waals surface area contributed by atoms with E-state index in [0.717, 1.165) is 5.69 Å². The summed E-state index contributed by atoms with van der Waals surface area (Å²) in [6.45, 7) is 3.48. The van der Waals surface area contributed by atoms with Gasteiger partial charge in [0, 0.05) is 5.69 Å². The lowest BCUT2D eigenvalue weighted by Crippen LogP contribution is -2.03. The topological polar surface area (TPSA) is 67.8 Å². The van der Waals surface area contributed by atoms with E-state index in [9.17, 15) is 9.46 Å². The molecule has 0 bridgehead atoms. The van der Waals surface area contributed by atoms with E-state index in [1.54, 1.807) is 38.1 Å². The molecule has 1 aromatic carbocycles. The quantitative estimate of drug-likeness (QED) is 0.636. The fourth-order valence-corrected chi connectivity index (χ4v) is 2.01. The maximum atomic E-state index is 11.3. The number of phosphoric acid groups is 1. The second kappa shape index (κ2) is 6.12. The number of thiocarbonyl (C=S) groups is 1. The van der Waals surface area contributed by atoms with E-state index in [-0.39, 0.29) is 12.4 Å². The van der Waals surface area contributed by atoms with Crippen LogP contribution in [0.4, 0.5) is 5.69 Å². The number of phosphoric ester groups is 1. The molecule has 0 aliphatic rings. The van der Waals surface area contributed by atoms with Crippen molar-refractivity contribution in [2.75, 3.05) is 11.9 Å². The average Bonchev–Trinajstić information content (AvgIpc) is 2.19. The first-order valence-electron chi connectivity index (χ1n) is 4.97. The minimum atomic E-state index is -4.00. The number of anilines is 1. The van der Waals surface area contributed by atoms with Gasteiger partial charge in [0.25, 0.3) is 0 Å². The molecule has 7 heteroatoms. The van der Waals surface area contributed by atoms with Gasteiger partial charge in [-0.3, -0.25) is 9.42 Å². The SMILES string of the molecule is CCOP(=O)(O)Oc1ccc(NC(C)=S)cc1. The Bertz CT molecular complexity index is 434. The zero-order chi connectivity index (χ0) is 12.9. The molecule has 0 amide bonds. The molecule has 1 aromatic rings. The highest BCUT2D eigenvalue weighted by molar-refractivity contribution is 7.80. The van der Waals surface area contributed by atoms with E-state index in [1.165, 1.54) is 0 Å². The Labute approximate surface area is 105 Å². The van der Waals surface area contributed by atoms with Crippen LogP contribution in [0.2, 0.25) is 0 Å². The minimum Gasteiger partial charge on any atom is -0.404 e. The summed E-state index contributed by atoms with van der Waals surface area (Å²) in [6, 6.07) is 6.50. The summed E-state index contributed by atoms with van der Waals surface area (Å²) in [4.78, 5) is 9.90. The molecule has 0 saturated heterocycles. The van der Waals surface area contributed by atoms with Gasteiger partial charge in [-0.15, -0.1) is 0 Å². The Morgan fingerprint density at radius 2 is 2.06 bits per heavy atom. The van der Waals surface area contributed by atoms with Gasteiger partial charge in [0.1, 0.15) is 5.75 Å². The van der Waals surface area contributed by atoms with Gasteiger partial charge in [-0.2, -0.15) is 0 Å². The lowest BCUT2D eigenvalue weighted by atomic mass is 10.3. The largest absolute Gasteiger partial charge is 0.527 e. The summed E-state index contributed by atoms with van der Waals surface area (Å²) in [5.41, 5.74) is 0.786. The first-order chi connectivity index (χ1) is 7.93. The molecule has 0 aliphatic heterocycles. The summed E-state index contributed by atoms with van der Waals surface area (Å²) in [6.07, 6.45) is 0. The van der Waals surface area contributed by atoms with Crippen molar-refractivity contribution in [1.82, 2.24) is 0 Å². The van der Waals surface area contributed by atoms with Gasteiger partial charge in [0.15, 0.2) is 0 Å². The molecule has 1 atom stereocenters. The zero-order valence-corrected chi connectivity index (χ0v) is 11.3. The van der Waals surface area contributed by atoms with Crippen LogP contribution in [0, 0.1) is 0 Å². The van der Waals surface area contributed by atoms with Gasteiger partial charge in [0.05, 0.1) is 11.6 Å². The van der Waals surface area contributed by atoms with Crippen LogP contribution in [0.5, 0.6) is 5.75 Å². The van der Waals surface area contributed by atoms with E-state index >= 15 is 0 Å². The number of nitrogens with one attached hydrogen (secondary N) is 1. The molecule has 5 nitrogen and oxygen atoms in total. The number of rotatable bonds is 5. The minimum absolute atomic E-state index is 0.109. The Kier molecular flexibility index (Phi) is 5.08. The third-order valence-corrected chi connectivity index (χ3v) is 2.82. The fraction of sp³-hybridized carbons (Fsp3) is 0.300. The maximum absolute atomic E-state index is 11.3. The van der Waals surface area contributed by atoms with Crippen LogP contribution in [0.1, 0.15) is 13.8 Å². The zero-order valence-electron chi connectivity index (χ0n) is 9.54. The lowest BCUT2D eigenvalue weighted by molar-refractivity contribution is 0.213. The Hall–Kier alpha value is -0.940. The molecular formula is C10H14NO4PS. The molecule has 0 spiro atoms. The van der Waals surface area contributed by atoms with Crippen molar-refractivity contribution in [3.05, 3.63) is 24.3 Å². The predicted octanol–water partition coefficient (Wildman–Crippen LogP) is 2.96. The standard InChI is InChI=1S/C10H14NO4PS/c1-3-14-16(12,13)15-10-6-4-9(5-7-10)11-8(2)17/h4-7H,3H2,1-2H3,(H,11,17)(H,12,13). The maximum Gasteiger partial charge on any atom is 0.527 e. The summed E-state index contributed by atoms with van der Waals surface area (Å²) in [5, 5.41) is 2.93. The molecule has 0 aliphatic carbocycles. The van der Waals surface area contributed by atoms with Gasteiger partial charge in [-0.25, -0.2) is 4.57 Å². The van der Waals surface area contributed by atoms with Crippen LogP contribution in [0.25, 0.3) is 0 Å². The highest BCUT2D eigenvalue weighted by Crippen LogP contribution is 2.43. The highest BCUT2D eigenvalue weighted by Gasteiger charge is 2.21. The fourth-order valence-electron chi connectivity index (χ4n) is 1.13. The van der Waals surface area contributed by atoms with Crippen LogP contribution in [0.15, 0.2) is 24.3 Å². The first-order valence-corrected chi connectivity index (χ1v) is 6.88. The molecule has 0 saturated carbocycles. The monoisotopic (exact) mass is 275 g/mol. The van der Waals surface area contributed by atoms with Crippen LogP contribution in [-0.2, 0) is 9.09 Å². The molecule has 1 unspecified atom stereocenters. The van der Waals surface area contributed by atoms with Crippen molar-refractivity contribution in [3.63, 3.8) is 0 Å². The van der Waals surface area contributed by atoms with E-state index in [2.05, 4.69) is 9.84 Å². The lowest BCUT2D eigenvalue weighted by Gasteiger charge is -2.12. The van der Waals surface area contributed by atoms with Gasteiger partial charge in [0.2, 0.25) is 0 Å². The van der Waals surface area contributed by atoms with E-state index in [0.29, 0.717) is 4.99 Å². The van der Waals surface area contributed by atoms with Crippen molar-refractivity contribution < 1.29 is 18.5 Å². The van der Waals surface area contributed by atoms with E-state index < -0.39 is 7.82 Å². The smallest absolute Gasteiger partial charge is 0.404 e. The molecule has 17 heavy (non-hydrogen) atoms. The predicted molar refractivity (Wildman–Crippen MR) is 70.4 cm³/mol. The average molecular weight is 275 g/mol. The van der Waals surface area contributed by atoms with Crippen molar-refractivity contribution in [3.8, 4) is 5.75 Å². The summed E-state index contributed by atoms with van der Waals surface area (Å²) in [7, 11) is -4.00. The molecule has 0 heterocycles. The molecule has 0 radical (unpaired) electrons. The van der Waals surface area contributed by atoms with Crippen molar-refractivity contribution in [1.29, 1.82) is 0 Å². The van der Waals surface area contributed by atoms with Crippen LogP contribution < -0.4 is 9.84 Å². The Morgan fingerprint density at radius 3 is 2.53 bits per heavy atom. The highest BCUT2D eigenvalue weighted by atomic mass is 32.1. The van der Waals surface area contributed by atoms with E-state index in [4.69, 9.17) is 16.7 Å². The molecule has 94 valence electrons. The van der Waals surface area contributed by atoms with Crippen molar-refractivity contribution in [2.45, 2.75) is 13.8 Å². The third-order valence-electron chi connectivity index (χ3n) is 1.69. The van der Waals surface area contributed by atoms with Gasteiger partial charge >= 0.3 is 7.82 Å². The number of hydrogen-bond acceptors (Lipinski definition) is 4. The van der Waals surface area contributed by atoms with Gasteiger partial charge in [-0.1, -0.05) is 12.2 Å². The molecule has 0 fully saturated rings. The van der Waals surface area contributed by atoms with Gasteiger partial charge in [-0.05, 0) is 38.1 Å². The molecule has 1 rings (SSSR count). The molecule has 0 aromatic heterocycles. The van der Waals surface area contributed by atoms with Crippen molar-refractivity contribution in [2.24, 2.45) is 0 Å². The number of hydrogen-bond donors (Lipinski definition) is 2. The molecule has 2 N–H and O–H groups in total. The van der Waals surface area contributed by atoms with Crippen LogP contribution in [-0.4, -0.2) is 16.5 Å². The number of benzene rings is 1. The van der Waals surface area contributed by atoms with Crippen LogP contribution in [0.3, 0.4) is 0 Å². The normalized spacial score (nSPS) is 13.8.